The van der Waals surface area contributed by atoms with Gasteiger partial charge < -0.3 is 5.32 Å². The quantitative estimate of drug-likeness (QED) is 0.735. The molecule has 1 unspecified atom stereocenters. The number of aryl methyl sites for hydroxylation is 1. The van der Waals surface area contributed by atoms with Crippen molar-refractivity contribution in [2.45, 2.75) is 32.1 Å². The maximum atomic E-state index is 5.34. The first-order valence-corrected chi connectivity index (χ1v) is 5.81. The van der Waals surface area contributed by atoms with Gasteiger partial charge >= 0.3 is 0 Å². The predicted molar refractivity (Wildman–Crippen MR) is 66.3 cm³/mol. The summed E-state index contributed by atoms with van der Waals surface area (Å²) in [5, 5.41) is 3.09. The Balaban J connectivity index is 2.42. The number of thiocarbonyl (C=S) groups is 1. The molecule has 1 aromatic rings. The van der Waals surface area contributed by atoms with Crippen molar-refractivity contribution in [3.05, 3.63) is 29.1 Å². The van der Waals surface area contributed by atoms with E-state index in [1.807, 2.05) is 13.2 Å². The summed E-state index contributed by atoms with van der Waals surface area (Å²) in [6.07, 6.45) is 5.39. The van der Waals surface area contributed by atoms with Crippen LogP contribution in [0.25, 0.3) is 0 Å². The maximum Gasteiger partial charge on any atom is 0.0842 e. The lowest BCUT2D eigenvalue weighted by atomic mass is 9.84. The summed E-state index contributed by atoms with van der Waals surface area (Å²) in [7, 11) is 1.90. The van der Waals surface area contributed by atoms with Gasteiger partial charge in [0, 0.05) is 13.2 Å². The van der Waals surface area contributed by atoms with Crippen molar-refractivity contribution in [3.8, 4) is 0 Å². The molecule has 0 aliphatic heterocycles. The summed E-state index contributed by atoms with van der Waals surface area (Å²) < 4.78 is 0. The van der Waals surface area contributed by atoms with E-state index in [1.54, 1.807) is 0 Å². The topological polar surface area (TPSA) is 24.9 Å². The summed E-state index contributed by atoms with van der Waals surface area (Å²) in [5.74, 6) is 0.327. The van der Waals surface area contributed by atoms with Gasteiger partial charge in [0.15, 0.2) is 0 Å². The van der Waals surface area contributed by atoms with Gasteiger partial charge in [-0.05, 0) is 43.4 Å². The standard InChI is InChI=1S/C12H16N2S/c1-8-6-7-14-11-9(8)4-3-5-10(11)12(15)13-2/h6-7,10H,3-5H2,1-2H3,(H,13,15). The van der Waals surface area contributed by atoms with Gasteiger partial charge in [-0.15, -0.1) is 0 Å². The number of hydrogen-bond acceptors (Lipinski definition) is 2. The van der Waals surface area contributed by atoms with Crippen LogP contribution in [0.15, 0.2) is 12.3 Å². The molecular formula is C12H16N2S. The van der Waals surface area contributed by atoms with E-state index >= 15 is 0 Å². The third-order valence-electron chi connectivity index (χ3n) is 3.14. The molecule has 2 nitrogen and oxygen atoms in total. The monoisotopic (exact) mass is 220 g/mol. The van der Waals surface area contributed by atoms with Gasteiger partial charge in [-0.2, -0.15) is 0 Å². The van der Waals surface area contributed by atoms with Crippen LogP contribution in [0.5, 0.6) is 0 Å². The zero-order valence-corrected chi connectivity index (χ0v) is 10.0. The van der Waals surface area contributed by atoms with Gasteiger partial charge in [-0.25, -0.2) is 0 Å². The molecule has 0 bridgehead atoms. The zero-order chi connectivity index (χ0) is 10.8. The fourth-order valence-corrected chi connectivity index (χ4v) is 2.51. The van der Waals surface area contributed by atoms with E-state index in [9.17, 15) is 0 Å². The van der Waals surface area contributed by atoms with Crippen molar-refractivity contribution >= 4 is 17.2 Å². The van der Waals surface area contributed by atoms with Crippen LogP contribution in [-0.2, 0) is 6.42 Å². The van der Waals surface area contributed by atoms with Gasteiger partial charge in [-0.1, -0.05) is 12.2 Å². The Kier molecular flexibility index (Phi) is 3.00. The van der Waals surface area contributed by atoms with Crippen LogP contribution >= 0.6 is 12.2 Å². The van der Waals surface area contributed by atoms with Gasteiger partial charge in [0.2, 0.25) is 0 Å². The van der Waals surface area contributed by atoms with Gasteiger partial charge in [0.25, 0.3) is 0 Å². The van der Waals surface area contributed by atoms with Crippen molar-refractivity contribution in [2.24, 2.45) is 0 Å². The van der Waals surface area contributed by atoms with Crippen molar-refractivity contribution in [3.63, 3.8) is 0 Å². The summed E-state index contributed by atoms with van der Waals surface area (Å²) in [4.78, 5) is 5.43. The number of aromatic nitrogens is 1. The lowest BCUT2D eigenvalue weighted by Crippen LogP contribution is -2.28. The first kappa shape index (κ1) is 10.6. The minimum Gasteiger partial charge on any atom is -0.382 e. The van der Waals surface area contributed by atoms with Crippen molar-refractivity contribution in [1.82, 2.24) is 10.3 Å². The molecule has 1 aliphatic carbocycles. The number of pyridine rings is 1. The van der Waals surface area contributed by atoms with E-state index in [1.165, 1.54) is 23.2 Å². The van der Waals surface area contributed by atoms with Crippen LogP contribution in [0.2, 0.25) is 0 Å². The smallest absolute Gasteiger partial charge is 0.0842 e. The Bertz CT molecular complexity index is 387. The van der Waals surface area contributed by atoms with Crippen LogP contribution < -0.4 is 5.32 Å². The molecule has 1 aromatic heterocycles. The molecule has 1 atom stereocenters. The lowest BCUT2D eigenvalue weighted by Gasteiger charge is -2.25. The second-order valence-electron chi connectivity index (χ2n) is 4.05. The number of likely N-dealkylation sites (N-methyl/N-ethyl adjacent to an activating group) is 1. The minimum absolute atomic E-state index is 0.327. The van der Waals surface area contributed by atoms with Gasteiger partial charge in [0.1, 0.15) is 0 Å². The summed E-state index contributed by atoms with van der Waals surface area (Å²) in [6.45, 7) is 2.16. The molecule has 0 radical (unpaired) electrons. The van der Waals surface area contributed by atoms with Gasteiger partial charge in [0.05, 0.1) is 16.6 Å². The molecule has 1 heterocycles. The Morgan fingerprint density at radius 3 is 3.13 bits per heavy atom. The highest BCUT2D eigenvalue weighted by Crippen LogP contribution is 2.32. The highest BCUT2D eigenvalue weighted by Gasteiger charge is 2.25. The van der Waals surface area contributed by atoms with E-state index < -0.39 is 0 Å². The number of fused-ring (bicyclic) bond motifs is 1. The summed E-state index contributed by atoms with van der Waals surface area (Å²) in [5.41, 5.74) is 3.95. The highest BCUT2D eigenvalue weighted by atomic mass is 32.1. The predicted octanol–water partition coefficient (Wildman–Crippen LogP) is 2.36. The molecule has 0 fully saturated rings. The molecule has 0 saturated carbocycles. The van der Waals surface area contributed by atoms with Crippen molar-refractivity contribution in [1.29, 1.82) is 0 Å². The first-order valence-electron chi connectivity index (χ1n) is 5.40. The second kappa shape index (κ2) is 4.27. The second-order valence-corrected chi connectivity index (χ2v) is 4.49. The summed E-state index contributed by atoms with van der Waals surface area (Å²) >= 11 is 5.34. The molecular weight excluding hydrogens is 204 g/mol. The third-order valence-corrected chi connectivity index (χ3v) is 3.62. The number of nitrogens with one attached hydrogen (secondary N) is 1. The molecule has 15 heavy (non-hydrogen) atoms. The molecule has 1 aliphatic rings. The summed E-state index contributed by atoms with van der Waals surface area (Å²) in [6, 6.07) is 2.09. The Hall–Kier alpha value is -0.960. The average molecular weight is 220 g/mol. The highest BCUT2D eigenvalue weighted by molar-refractivity contribution is 7.80. The average Bonchev–Trinajstić information content (AvgIpc) is 2.28. The molecule has 0 amide bonds. The molecule has 0 saturated heterocycles. The fraction of sp³-hybridized carbons (Fsp3) is 0.500. The number of nitrogens with zero attached hydrogens (tertiary/aromatic N) is 1. The molecule has 0 spiro atoms. The SMILES string of the molecule is CNC(=S)C1CCCc2c(C)ccnc21. The molecule has 3 heteroatoms. The van der Waals surface area contributed by atoms with E-state index in [0.29, 0.717) is 5.92 Å². The Morgan fingerprint density at radius 1 is 1.60 bits per heavy atom. The van der Waals surface area contributed by atoms with E-state index in [-0.39, 0.29) is 0 Å². The van der Waals surface area contributed by atoms with Crippen molar-refractivity contribution in [2.75, 3.05) is 7.05 Å². The van der Waals surface area contributed by atoms with Crippen LogP contribution in [0.4, 0.5) is 0 Å². The van der Waals surface area contributed by atoms with Crippen LogP contribution in [0, 0.1) is 6.92 Å². The normalized spacial score (nSPS) is 19.5. The fourth-order valence-electron chi connectivity index (χ4n) is 2.28. The Morgan fingerprint density at radius 2 is 2.40 bits per heavy atom. The first-order chi connectivity index (χ1) is 7.24. The largest absolute Gasteiger partial charge is 0.382 e. The maximum absolute atomic E-state index is 5.34. The number of hydrogen-bond donors (Lipinski definition) is 1. The lowest BCUT2D eigenvalue weighted by molar-refractivity contribution is 0.625. The zero-order valence-electron chi connectivity index (χ0n) is 9.21. The molecule has 1 N–H and O–H groups in total. The van der Waals surface area contributed by atoms with Gasteiger partial charge in [-0.3, -0.25) is 4.98 Å². The third kappa shape index (κ3) is 1.88. The van der Waals surface area contributed by atoms with Crippen molar-refractivity contribution < 1.29 is 0 Å². The minimum atomic E-state index is 0.327. The van der Waals surface area contributed by atoms with E-state index in [4.69, 9.17) is 12.2 Å². The van der Waals surface area contributed by atoms with E-state index in [2.05, 4.69) is 23.3 Å². The van der Waals surface area contributed by atoms with Crippen LogP contribution in [-0.4, -0.2) is 17.0 Å². The van der Waals surface area contributed by atoms with E-state index in [0.717, 1.165) is 17.8 Å². The molecule has 2 rings (SSSR count). The number of rotatable bonds is 1. The molecule has 80 valence electrons. The van der Waals surface area contributed by atoms with Crippen LogP contribution in [0.3, 0.4) is 0 Å². The molecule has 0 aromatic carbocycles. The Labute approximate surface area is 96.1 Å². The van der Waals surface area contributed by atoms with Crippen LogP contribution in [0.1, 0.15) is 35.6 Å².